The summed E-state index contributed by atoms with van der Waals surface area (Å²) in [6, 6.07) is 11.7. The molecule has 1 saturated heterocycles. The number of thioether (sulfide) groups is 1. The Labute approximate surface area is 189 Å². The molecule has 8 nitrogen and oxygen atoms in total. The van der Waals surface area contributed by atoms with Crippen LogP contribution < -0.4 is 19.1 Å². The highest BCUT2D eigenvalue weighted by atomic mass is 32.2. The number of rotatable bonds is 9. The highest BCUT2D eigenvalue weighted by molar-refractivity contribution is 8.19. The van der Waals surface area contributed by atoms with Gasteiger partial charge in [0.25, 0.3) is 11.1 Å². The van der Waals surface area contributed by atoms with Crippen molar-refractivity contribution >= 4 is 40.6 Å². The van der Waals surface area contributed by atoms with Crippen molar-refractivity contribution in [3.05, 3.63) is 52.9 Å². The van der Waals surface area contributed by atoms with E-state index in [0.29, 0.717) is 36.0 Å². The van der Waals surface area contributed by atoms with Crippen LogP contribution in [0, 0.1) is 0 Å². The van der Waals surface area contributed by atoms with Crippen LogP contribution in [-0.4, -0.2) is 41.5 Å². The van der Waals surface area contributed by atoms with Crippen molar-refractivity contribution in [2.24, 2.45) is 0 Å². The fourth-order valence-corrected chi connectivity index (χ4v) is 3.80. The normalized spacial score (nSPS) is 15.7. The van der Waals surface area contributed by atoms with Crippen LogP contribution in [0.25, 0.3) is 6.08 Å². The SMILES string of the molecule is CCOc1cc(/C=C2/SC(=O)N(c3ccccc3OCC)C2=O)ccc1OC(C)C(=O)O. The molecule has 1 aliphatic heterocycles. The minimum atomic E-state index is -1.10. The summed E-state index contributed by atoms with van der Waals surface area (Å²) in [5.74, 6) is -0.485. The van der Waals surface area contributed by atoms with Crippen molar-refractivity contribution < 1.29 is 33.7 Å². The van der Waals surface area contributed by atoms with Crippen LogP contribution in [0.2, 0.25) is 0 Å². The third-order valence-corrected chi connectivity index (χ3v) is 5.29. The molecule has 1 aliphatic rings. The van der Waals surface area contributed by atoms with Gasteiger partial charge in [-0.05, 0) is 68.4 Å². The number of carbonyl (C=O) groups is 3. The van der Waals surface area contributed by atoms with Crippen molar-refractivity contribution in [1.29, 1.82) is 0 Å². The average molecular weight is 458 g/mol. The zero-order valence-corrected chi connectivity index (χ0v) is 18.7. The lowest BCUT2D eigenvalue weighted by Gasteiger charge is -2.16. The number of imide groups is 1. The van der Waals surface area contributed by atoms with E-state index < -0.39 is 23.2 Å². The maximum atomic E-state index is 13.0. The molecule has 1 fully saturated rings. The number of amides is 2. The number of nitrogens with zero attached hydrogens (tertiary/aromatic N) is 1. The van der Waals surface area contributed by atoms with Gasteiger partial charge in [0.1, 0.15) is 5.75 Å². The summed E-state index contributed by atoms with van der Waals surface area (Å²) in [7, 11) is 0. The Morgan fingerprint density at radius 2 is 1.75 bits per heavy atom. The number of ether oxygens (including phenoxy) is 3. The summed E-state index contributed by atoms with van der Waals surface area (Å²) < 4.78 is 16.6. The lowest BCUT2D eigenvalue weighted by atomic mass is 10.1. The van der Waals surface area contributed by atoms with Crippen LogP contribution in [0.4, 0.5) is 10.5 Å². The van der Waals surface area contributed by atoms with Gasteiger partial charge in [-0.15, -0.1) is 0 Å². The first-order chi connectivity index (χ1) is 15.3. The summed E-state index contributed by atoms with van der Waals surface area (Å²) in [4.78, 5) is 38.1. The van der Waals surface area contributed by atoms with Crippen LogP contribution in [0.3, 0.4) is 0 Å². The van der Waals surface area contributed by atoms with Crippen LogP contribution >= 0.6 is 11.8 Å². The number of benzene rings is 2. The summed E-state index contributed by atoms with van der Waals surface area (Å²) in [6.45, 7) is 5.77. The molecule has 3 rings (SSSR count). The molecule has 0 aromatic heterocycles. The second-order valence-corrected chi connectivity index (χ2v) is 7.65. The molecule has 0 radical (unpaired) electrons. The second kappa shape index (κ2) is 10.2. The van der Waals surface area contributed by atoms with E-state index in [1.807, 2.05) is 6.92 Å². The average Bonchev–Trinajstić information content (AvgIpc) is 3.03. The number of hydrogen-bond donors (Lipinski definition) is 1. The molecule has 32 heavy (non-hydrogen) atoms. The Morgan fingerprint density at radius 1 is 1.06 bits per heavy atom. The lowest BCUT2D eigenvalue weighted by Crippen LogP contribution is -2.28. The molecule has 0 bridgehead atoms. The molecule has 0 aliphatic carbocycles. The van der Waals surface area contributed by atoms with Gasteiger partial charge in [-0.1, -0.05) is 18.2 Å². The van der Waals surface area contributed by atoms with Gasteiger partial charge in [-0.3, -0.25) is 9.59 Å². The summed E-state index contributed by atoms with van der Waals surface area (Å²) in [5, 5.41) is 8.65. The number of carbonyl (C=O) groups excluding carboxylic acids is 2. The molecule has 2 amide bonds. The molecule has 168 valence electrons. The van der Waals surface area contributed by atoms with Gasteiger partial charge < -0.3 is 19.3 Å². The minimum absolute atomic E-state index is 0.247. The van der Waals surface area contributed by atoms with Crippen molar-refractivity contribution in [2.75, 3.05) is 18.1 Å². The minimum Gasteiger partial charge on any atom is -0.492 e. The third-order valence-electron chi connectivity index (χ3n) is 4.42. The summed E-state index contributed by atoms with van der Waals surface area (Å²) in [5.41, 5.74) is 0.994. The molecule has 1 heterocycles. The predicted molar refractivity (Wildman–Crippen MR) is 121 cm³/mol. The zero-order valence-electron chi connectivity index (χ0n) is 17.9. The van der Waals surface area contributed by atoms with E-state index in [1.54, 1.807) is 55.5 Å². The van der Waals surface area contributed by atoms with Gasteiger partial charge in [0.05, 0.1) is 23.8 Å². The zero-order chi connectivity index (χ0) is 23.3. The van der Waals surface area contributed by atoms with Crippen LogP contribution in [0.1, 0.15) is 26.3 Å². The van der Waals surface area contributed by atoms with Gasteiger partial charge >= 0.3 is 5.97 Å². The van der Waals surface area contributed by atoms with Crippen LogP contribution in [-0.2, 0) is 9.59 Å². The molecule has 1 unspecified atom stereocenters. The Hall–Kier alpha value is -3.46. The van der Waals surface area contributed by atoms with Gasteiger partial charge in [-0.2, -0.15) is 0 Å². The molecule has 2 aromatic carbocycles. The predicted octanol–water partition coefficient (Wildman–Crippen LogP) is 4.58. The highest BCUT2D eigenvalue weighted by Crippen LogP contribution is 2.40. The van der Waals surface area contributed by atoms with Gasteiger partial charge in [0.2, 0.25) is 0 Å². The van der Waals surface area contributed by atoms with E-state index in [2.05, 4.69) is 0 Å². The van der Waals surface area contributed by atoms with E-state index in [1.165, 1.54) is 6.92 Å². The van der Waals surface area contributed by atoms with Crippen molar-refractivity contribution in [1.82, 2.24) is 0 Å². The largest absolute Gasteiger partial charge is 0.492 e. The topological polar surface area (TPSA) is 102 Å². The summed E-state index contributed by atoms with van der Waals surface area (Å²) >= 11 is 0.829. The lowest BCUT2D eigenvalue weighted by molar-refractivity contribution is -0.144. The van der Waals surface area contributed by atoms with Crippen molar-refractivity contribution in [2.45, 2.75) is 26.9 Å². The van der Waals surface area contributed by atoms with Crippen molar-refractivity contribution in [3.63, 3.8) is 0 Å². The van der Waals surface area contributed by atoms with Crippen LogP contribution in [0.5, 0.6) is 17.2 Å². The first-order valence-electron chi connectivity index (χ1n) is 10.0. The number of carboxylic acid groups (broad SMARTS) is 1. The number of carboxylic acids is 1. The fraction of sp³-hybridized carbons (Fsp3) is 0.261. The van der Waals surface area contributed by atoms with Crippen LogP contribution in [0.15, 0.2) is 47.4 Å². The maximum absolute atomic E-state index is 13.0. The molecule has 0 saturated carbocycles. The summed E-state index contributed by atoms with van der Waals surface area (Å²) in [6.07, 6.45) is 0.531. The van der Waals surface area contributed by atoms with E-state index in [0.717, 1.165) is 16.7 Å². The molecule has 0 spiro atoms. The van der Waals surface area contributed by atoms with E-state index in [4.69, 9.17) is 19.3 Å². The van der Waals surface area contributed by atoms with Gasteiger partial charge in [0.15, 0.2) is 17.6 Å². The molecule has 1 atom stereocenters. The fourth-order valence-electron chi connectivity index (χ4n) is 2.97. The molecule has 2 aromatic rings. The van der Waals surface area contributed by atoms with E-state index in [-0.39, 0.29) is 10.7 Å². The third kappa shape index (κ3) is 5.05. The number of para-hydroxylation sites is 2. The molecule has 9 heteroatoms. The van der Waals surface area contributed by atoms with E-state index in [9.17, 15) is 14.4 Å². The Kier molecular flexibility index (Phi) is 7.42. The highest BCUT2D eigenvalue weighted by Gasteiger charge is 2.37. The number of anilines is 1. The van der Waals surface area contributed by atoms with E-state index >= 15 is 0 Å². The standard InChI is InChI=1S/C23H23NO7S/c1-4-29-17-9-7-6-8-16(17)24-21(25)20(32-23(24)28)13-15-10-11-18(19(12-15)30-5-2)31-14(3)22(26)27/h6-14H,4-5H2,1-3H3,(H,26,27)/b20-13+. The first kappa shape index (κ1) is 23.2. The number of aliphatic carboxylic acids is 1. The Morgan fingerprint density at radius 3 is 2.44 bits per heavy atom. The van der Waals surface area contributed by atoms with Gasteiger partial charge in [0, 0.05) is 0 Å². The van der Waals surface area contributed by atoms with Crippen molar-refractivity contribution in [3.8, 4) is 17.2 Å². The Balaban J connectivity index is 1.90. The Bertz CT molecular complexity index is 1070. The molecular weight excluding hydrogens is 434 g/mol. The molecular formula is C23H23NO7S. The smallest absolute Gasteiger partial charge is 0.344 e. The maximum Gasteiger partial charge on any atom is 0.344 e. The first-order valence-corrected chi connectivity index (χ1v) is 10.8. The quantitative estimate of drug-likeness (QED) is 0.546. The molecule has 1 N–H and O–H groups in total. The van der Waals surface area contributed by atoms with Gasteiger partial charge in [-0.25, -0.2) is 9.69 Å². The second-order valence-electron chi connectivity index (χ2n) is 6.66. The monoisotopic (exact) mass is 457 g/mol. The number of hydrogen-bond acceptors (Lipinski definition) is 7.